The van der Waals surface area contributed by atoms with E-state index in [1.165, 1.54) is 5.56 Å². The highest BCUT2D eigenvalue weighted by molar-refractivity contribution is 5.92. The summed E-state index contributed by atoms with van der Waals surface area (Å²) in [5, 5.41) is 3.02. The second-order valence-electron chi connectivity index (χ2n) is 6.72. The number of ether oxygens (including phenoxy) is 2. The van der Waals surface area contributed by atoms with Crippen LogP contribution in [0.25, 0.3) is 0 Å². The SMILES string of the molecule is COCCN(CCN=C(N)Nc1ccc(C)cc1)C(=O)OC(C)(C)C. The molecule has 0 aliphatic carbocycles. The molecule has 7 heteroatoms. The topological polar surface area (TPSA) is 89.2 Å². The number of aryl methyl sites for hydroxylation is 1. The first-order chi connectivity index (χ1) is 11.7. The van der Waals surface area contributed by atoms with Crippen LogP contribution in [0.5, 0.6) is 0 Å². The van der Waals surface area contributed by atoms with Crippen LogP contribution in [0.1, 0.15) is 26.3 Å². The van der Waals surface area contributed by atoms with E-state index in [9.17, 15) is 4.79 Å². The molecule has 0 saturated heterocycles. The van der Waals surface area contributed by atoms with E-state index in [0.29, 0.717) is 32.2 Å². The van der Waals surface area contributed by atoms with E-state index in [1.807, 2.05) is 52.0 Å². The van der Waals surface area contributed by atoms with Gasteiger partial charge in [0, 0.05) is 25.9 Å². The van der Waals surface area contributed by atoms with Gasteiger partial charge in [0.05, 0.1) is 13.2 Å². The Bertz CT molecular complexity index is 565. The average Bonchev–Trinajstić information content (AvgIpc) is 2.51. The van der Waals surface area contributed by atoms with Gasteiger partial charge in [0.15, 0.2) is 5.96 Å². The average molecular weight is 350 g/mol. The van der Waals surface area contributed by atoms with Gasteiger partial charge in [-0.3, -0.25) is 4.99 Å². The van der Waals surface area contributed by atoms with E-state index in [4.69, 9.17) is 15.2 Å². The molecule has 7 nitrogen and oxygen atoms in total. The van der Waals surface area contributed by atoms with Gasteiger partial charge in [-0.2, -0.15) is 0 Å². The van der Waals surface area contributed by atoms with Crippen molar-refractivity contribution in [2.45, 2.75) is 33.3 Å². The number of anilines is 1. The first kappa shape index (κ1) is 20.8. The van der Waals surface area contributed by atoms with Crippen molar-refractivity contribution in [3.8, 4) is 0 Å². The number of carbonyl (C=O) groups is 1. The third-order valence-corrected chi connectivity index (χ3v) is 3.19. The molecule has 140 valence electrons. The summed E-state index contributed by atoms with van der Waals surface area (Å²) >= 11 is 0. The van der Waals surface area contributed by atoms with E-state index in [-0.39, 0.29) is 6.09 Å². The maximum absolute atomic E-state index is 12.2. The Labute approximate surface area is 150 Å². The van der Waals surface area contributed by atoms with Crippen molar-refractivity contribution in [3.05, 3.63) is 29.8 Å². The number of amides is 1. The van der Waals surface area contributed by atoms with E-state index in [0.717, 1.165) is 5.69 Å². The first-order valence-electron chi connectivity index (χ1n) is 8.32. The minimum absolute atomic E-state index is 0.305. The summed E-state index contributed by atoms with van der Waals surface area (Å²) in [5.74, 6) is 0.305. The number of nitrogens with zero attached hydrogens (tertiary/aromatic N) is 2. The van der Waals surface area contributed by atoms with Gasteiger partial charge in [0.2, 0.25) is 0 Å². The molecule has 0 aromatic heterocycles. The summed E-state index contributed by atoms with van der Waals surface area (Å²) < 4.78 is 10.4. The second-order valence-corrected chi connectivity index (χ2v) is 6.72. The van der Waals surface area contributed by atoms with Gasteiger partial charge in [0.1, 0.15) is 5.60 Å². The fourth-order valence-corrected chi connectivity index (χ4v) is 1.94. The van der Waals surface area contributed by atoms with Crippen LogP contribution in [0, 0.1) is 6.92 Å². The van der Waals surface area contributed by atoms with Crippen LogP contribution in [0.4, 0.5) is 10.5 Å². The molecule has 0 atom stereocenters. The summed E-state index contributed by atoms with van der Waals surface area (Å²) in [6.45, 7) is 9.16. The molecule has 0 fully saturated rings. The lowest BCUT2D eigenvalue weighted by molar-refractivity contribution is 0.0208. The number of guanidine groups is 1. The molecule has 1 rings (SSSR count). The third-order valence-electron chi connectivity index (χ3n) is 3.19. The lowest BCUT2D eigenvalue weighted by Gasteiger charge is -2.26. The van der Waals surface area contributed by atoms with Crippen LogP contribution in [-0.2, 0) is 9.47 Å². The fourth-order valence-electron chi connectivity index (χ4n) is 1.94. The number of nitrogens with one attached hydrogen (secondary N) is 1. The Hall–Kier alpha value is -2.28. The number of carbonyl (C=O) groups excluding carboxylic acids is 1. The predicted molar refractivity (Wildman–Crippen MR) is 101 cm³/mol. The molecule has 1 amide bonds. The van der Waals surface area contributed by atoms with Crippen LogP contribution < -0.4 is 11.1 Å². The maximum Gasteiger partial charge on any atom is 0.410 e. The first-order valence-corrected chi connectivity index (χ1v) is 8.32. The summed E-state index contributed by atoms with van der Waals surface area (Å²) in [6, 6.07) is 7.85. The zero-order chi connectivity index (χ0) is 18.9. The number of benzene rings is 1. The molecule has 0 heterocycles. The van der Waals surface area contributed by atoms with Gasteiger partial charge in [-0.1, -0.05) is 17.7 Å². The Morgan fingerprint density at radius 1 is 1.24 bits per heavy atom. The van der Waals surface area contributed by atoms with Gasteiger partial charge >= 0.3 is 6.09 Å². The highest BCUT2D eigenvalue weighted by atomic mass is 16.6. The second kappa shape index (κ2) is 9.88. The zero-order valence-corrected chi connectivity index (χ0v) is 15.8. The number of nitrogens with two attached hydrogens (primary N) is 1. The van der Waals surface area contributed by atoms with Crippen LogP contribution in [0.15, 0.2) is 29.3 Å². The smallest absolute Gasteiger partial charge is 0.410 e. The van der Waals surface area contributed by atoms with Crippen LogP contribution in [-0.4, -0.2) is 55.9 Å². The number of methoxy groups -OCH3 is 1. The summed E-state index contributed by atoms with van der Waals surface area (Å²) in [7, 11) is 1.59. The lowest BCUT2D eigenvalue weighted by Crippen LogP contribution is -2.40. The zero-order valence-electron chi connectivity index (χ0n) is 15.8. The van der Waals surface area contributed by atoms with Crippen molar-refractivity contribution in [3.63, 3.8) is 0 Å². The summed E-state index contributed by atoms with van der Waals surface area (Å²) in [4.78, 5) is 18.0. The lowest BCUT2D eigenvalue weighted by atomic mass is 10.2. The highest BCUT2D eigenvalue weighted by Crippen LogP contribution is 2.10. The highest BCUT2D eigenvalue weighted by Gasteiger charge is 2.21. The molecule has 25 heavy (non-hydrogen) atoms. The molecule has 1 aromatic rings. The largest absolute Gasteiger partial charge is 0.444 e. The Morgan fingerprint density at radius 2 is 1.88 bits per heavy atom. The number of rotatable bonds is 7. The van der Waals surface area contributed by atoms with Gasteiger partial charge in [0.25, 0.3) is 0 Å². The molecule has 3 N–H and O–H groups in total. The fraction of sp³-hybridized carbons (Fsp3) is 0.556. The van der Waals surface area contributed by atoms with E-state index in [2.05, 4.69) is 10.3 Å². The molecular weight excluding hydrogens is 320 g/mol. The van der Waals surface area contributed by atoms with Gasteiger partial charge in [-0.25, -0.2) is 4.79 Å². The minimum Gasteiger partial charge on any atom is -0.444 e. The molecule has 0 radical (unpaired) electrons. The van der Waals surface area contributed by atoms with E-state index in [1.54, 1.807) is 12.0 Å². The molecule has 0 aliphatic rings. The molecule has 0 bridgehead atoms. The molecule has 0 spiro atoms. The van der Waals surface area contributed by atoms with Crippen molar-refractivity contribution in [1.29, 1.82) is 0 Å². The third kappa shape index (κ3) is 8.95. The number of hydrogen-bond donors (Lipinski definition) is 2. The predicted octanol–water partition coefficient (Wildman–Crippen LogP) is 2.61. The summed E-state index contributed by atoms with van der Waals surface area (Å²) in [5.41, 5.74) is 7.39. The maximum atomic E-state index is 12.2. The van der Waals surface area contributed by atoms with Gasteiger partial charge < -0.3 is 25.4 Å². The number of hydrogen-bond acceptors (Lipinski definition) is 4. The van der Waals surface area contributed by atoms with Crippen molar-refractivity contribution in [2.24, 2.45) is 10.7 Å². The van der Waals surface area contributed by atoms with Crippen molar-refractivity contribution in [2.75, 3.05) is 38.7 Å². The van der Waals surface area contributed by atoms with Crippen molar-refractivity contribution in [1.82, 2.24) is 4.90 Å². The van der Waals surface area contributed by atoms with Gasteiger partial charge in [-0.15, -0.1) is 0 Å². The van der Waals surface area contributed by atoms with E-state index < -0.39 is 5.60 Å². The minimum atomic E-state index is -0.544. The summed E-state index contributed by atoms with van der Waals surface area (Å²) in [6.07, 6.45) is -0.384. The quantitative estimate of drug-likeness (QED) is 0.583. The Morgan fingerprint density at radius 3 is 2.44 bits per heavy atom. The molecule has 0 unspecified atom stereocenters. The van der Waals surface area contributed by atoms with E-state index >= 15 is 0 Å². The van der Waals surface area contributed by atoms with Crippen LogP contribution >= 0.6 is 0 Å². The molecular formula is C18H30N4O3. The molecule has 1 aromatic carbocycles. The molecule has 0 saturated carbocycles. The number of aliphatic imine (C=N–C) groups is 1. The standard InChI is InChI=1S/C18H30N4O3/c1-14-6-8-15(9-7-14)21-16(19)20-10-11-22(12-13-24-5)17(23)25-18(2,3)4/h6-9H,10-13H2,1-5H3,(H3,19,20,21). The van der Waals surface area contributed by atoms with Crippen LogP contribution in [0.2, 0.25) is 0 Å². The monoisotopic (exact) mass is 350 g/mol. The Balaban J connectivity index is 2.56. The molecule has 0 aliphatic heterocycles. The van der Waals surface area contributed by atoms with Crippen LogP contribution in [0.3, 0.4) is 0 Å². The van der Waals surface area contributed by atoms with Crippen molar-refractivity contribution < 1.29 is 14.3 Å². The van der Waals surface area contributed by atoms with Gasteiger partial charge in [-0.05, 0) is 39.8 Å². The van der Waals surface area contributed by atoms with Crippen molar-refractivity contribution >= 4 is 17.7 Å². The Kier molecular flexibility index (Phi) is 8.21. The normalized spacial score (nSPS) is 12.0.